The normalized spacial score (nSPS) is 13.4. The Morgan fingerprint density at radius 2 is 0.976 bits per heavy atom. The van der Waals surface area contributed by atoms with E-state index in [9.17, 15) is 71.9 Å². The van der Waals surface area contributed by atoms with Gasteiger partial charge in [-0.05, 0) is 178 Å². The van der Waals surface area contributed by atoms with Crippen LogP contribution in [0.1, 0.15) is 194 Å². The third-order valence-electron chi connectivity index (χ3n) is 19.0. The minimum Gasteiger partial charge on any atom is -0.445 e. The summed E-state index contributed by atoms with van der Waals surface area (Å²) in [5, 5.41) is 28.1. The third kappa shape index (κ3) is 44.2. The van der Waals surface area contributed by atoms with Crippen molar-refractivity contribution in [2.75, 3.05) is 112 Å². The lowest BCUT2D eigenvalue weighted by atomic mass is 10.0. The van der Waals surface area contributed by atoms with E-state index in [1.165, 1.54) is 48.2 Å². The quantitative estimate of drug-likeness (QED) is 0.0187. The zero-order valence-electron chi connectivity index (χ0n) is 76.3. The van der Waals surface area contributed by atoms with Crippen molar-refractivity contribution in [3.8, 4) is 5.75 Å². The molecule has 4 rings (SSSR count). The van der Waals surface area contributed by atoms with Gasteiger partial charge >= 0.3 is 23.8 Å². The lowest BCUT2D eigenvalue weighted by molar-refractivity contribution is -0.138. The molecule has 1 aliphatic heterocycles. The van der Waals surface area contributed by atoms with E-state index in [4.69, 9.17) is 48.0 Å². The number of amides is 15. The number of nitrogens with one attached hydrogen (secondary N) is 10. The highest BCUT2D eigenvalue weighted by atomic mass is 16.6. The van der Waals surface area contributed by atoms with Gasteiger partial charge in [0.2, 0.25) is 53.2 Å². The first-order valence-electron chi connectivity index (χ1n) is 42.1. The second-order valence-corrected chi connectivity index (χ2v) is 36.1. The molecule has 0 radical (unpaired) electrons. The molecule has 15 amide bonds. The first-order valence-corrected chi connectivity index (χ1v) is 42.1. The van der Waals surface area contributed by atoms with Crippen LogP contribution < -0.4 is 69.3 Å². The van der Waals surface area contributed by atoms with Gasteiger partial charge in [0.1, 0.15) is 41.6 Å². The molecule has 0 bridgehead atoms. The molecule has 1 aliphatic rings. The fraction of sp³-hybridized carbons (Fsp3) is 0.644. The molecule has 0 saturated heterocycles. The van der Waals surface area contributed by atoms with Crippen LogP contribution in [0.25, 0.3) is 11.0 Å². The average Bonchev–Trinajstić information content (AvgIpc) is 1.19. The van der Waals surface area contributed by atoms with Crippen molar-refractivity contribution in [3.63, 3.8) is 0 Å². The minimum atomic E-state index is -1.75. The maximum Gasteiger partial charge on any atom is 0.415 e. The fourth-order valence-corrected chi connectivity index (χ4v) is 11.9. The van der Waals surface area contributed by atoms with E-state index in [1.807, 2.05) is 104 Å². The molecule has 698 valence electrons. The van der Waals surface area contributed by atoms with Crippen molar-refractivity contribution in [1.29, 1.82) is 0 Å². The number of likely N-dealkylation sites (N-methyl/N-ethyl adjacent to an activating group) is 2. The molecule has 1 unspecified atom stereocenters. The van der Waals surface area contributed by atoms with Crippen molar-refractivity contribution < 1.29 is 109 Å². The van der Waals surface area contributed by atoms with E-state index in [0.29, 0.717) is 50.0 Å². The number of fused-ring (bicyclic) bond motifs is 1. The zero-order chi connectivity index (χ0) is 93.7. The summed E-state index contributed by atoms with van der Waals surface area (Å²) in [6, 6.07) is 8.26. The maximum atomic E-state index is 14.5. The number of nitrogens with two attached hydrogens (primary N) is 1. The number of urea groups is 1. The maximum absolute atomic E-state index is 14.5. The molecular formula is C87H136N14O24. The Labute approximate surface area is 732 Å². The summed E-state index contributed by atoms with van der Waals surface area (Å²) in [4.78, 5) is 203. The monoisotopic (exact) mass is 1760 g/mol. The van der Waals surface area contributed by atoms with Gasteiger partial charge in [0.25, 0.3) is 11.8 Å². The molecule has 0 spiro atoms. The van der Waals surface area contributed by atoms with Gasteiger partial charge in [-0.25, -0.2) is 19.2 Å². The van der Waals surface area contributed by atoms with Gasteiger partial charge in [-0.1, -0.05) is 26.0 Å². The van der Waals surface area contributed by atoms with Crippen molar-refractivity contribution in [2.24, 2.45) is 11.7 Å². The van der Waals surface area contributed by atoms with Crippen LogP contribution in [-0.2, 0) is 92.5 Å². The summed E-state index contributed by atoms with van der Waals surface area (Å²) in [6.45, 7) is 30.2. The van der Waals surface area contributed by atoms with E-state index in [1.54, 1.807) is 44.2 Å². The topological polar surface area (TPSA) is 499 Å². The molecule has 38 heteroatoms. The molecule has 2 aromatic carbocycles. The number of rotatable bonds is 54. The number of carbonyl (C=O) groups is 14. The molecular weight excluding hydrogens is 1630 g/mol. The van der Waals surface area contributed by atoms with Crippen LogP contribution in [-0.4, -0.2) is 261 Å². The Kier molecular flexibility index (Phi) is 43.1. The van der Waals surface area contributed by atoms with Crippen molar-refractivity contribution in [1.82, 2.24) is 62.6 Å². The largest absolute Gasteiger partial charge is 0.445 e. The molecule has 3 aromatic rings. The van der Waals surface area contributed by atoms with Gasteiger partial charge in [-0.15, -0.1) is 0 Å². The summed E-state index contributed by atoms with van der Waals surface area (Å²) in [7, 11) is 2.94. The minimum absolute atomic E-state index is 0.00699. The fourth-order valence-electron chi connectivity index (χ4n) is 11.9. The Bertz CT molecular complexity index is 4050. The lowest BCUT2D eigenvalue weighted by Crippen LogP contribution is -2.59. The highest BCUT2D eigenvalue weighted by Crippen LogP contribution is 2.23. The summed E-state index contributed by atoms with van der Waals surface area (Å²) in [5.41, 5.74) is 0.879. The van der Waals surface area contributed by atoms with Gasteiger partial charge in [0.15, 0.2) is 0 Å². The van der Waals surface area contributed by atoms with Gasteiger partial charge in [-0.3, -0.25) is 57.6 Å². The molecule has 0 fully saturated rings. The van der Waals surface area contributed by atoms with Gasteiger partial charge in [-0.2, -0.15) is 0 Å². The first-order chi connectivity index (χ1) is 58.2. The van der Waals surface area contributed by atoms with Crippen LogP contribution >= 0.6 is 0 Å². The van der Waals surface area contributed by atoms with E-state index >= 15 is 0 Å². The van der Waals surface area contributed by atoms with Crippen LogP contribution in [0.2, 0.25) is 0 Å². The van der Waals surface area contributed by atoms with Crippen molar-refractivity contribution in [3.05, 3.63) is 82.7 Å². The number of nitrogens with zero attached hydrogens (tertiary/aromatic N) is 3. The number of anilines is 1. The number of benzene rings is 2. The SMILES string of the molecule is CC(C)C(NC(=O)C[C@H](NC(=O)CCN1C(=O)C=CC1=O)C(=O)NCCC(=O)NC(COCCC(=O)NC(C)(C)CCOC(C)(C)C)(COCCC(=O)NC(C)(C)CCOC(C)(C)C)COCCC(=O)NC(C)(C)CCOC(C)(C)C)C(=O)N[C@@H](CCCNC(N)=O)C(=O)Nc1ccc(COC(=O)N(C)CCN(C)C(=O)Oc2ccc3ccc(=O)oc3c2)cc1. The average molecular weight is 1760 g/mol. The molecule has 125 heavy (non-hydrogen) atoms. The van der Waals surface area contributed by atoms with Crippen molar-refractivity contribution >= 4 is 99.9 Å². The molecule has 38 nitrogen and oxygen atoms in total. The van der Waals surface area contributed by atoms with E-state index in [0.717, 1.165) is 17.1 Å². The Morgan fingerprint density at radius 3 is 1.46 bits per heavy atom. The van der Waals surface area contributed by atoms with Crippen LogP contribution in [0, 0.1) is 5.92 Å². The van der Waals surface area contributed by atoms with Crippen molar-refractivity contribution in [2.45, 2.75) is 252 Å². The second kappa shape index (κ2) is 50.5. The molecule has 0 saturated carbocycles. The number of hydrogen-bond donors (Lipinski definition) is 11. The van der Waals surface area contributed by atoms with E-state index < -0.39 is 166 Å². The standard InChI is InChI=1S/C87H136N14O24/c1-57(2)74(77(113)93-62(21-20-40-90-78(88)114)76(112)91-60-26-22-58(23-27-60)53-120-79(115)99(18)43-44-100(19)80(116)124-61-28-24-59-25-31-73(110)125-64(59)51-61)94-70(107)52-63(92-65(102)33-42-101-71(108)29-30-72(101)109)75(111)89-41-32-66(103)98-87(54-117-45-34-67(104)95-84(12,13)37-48-121-81(3,4)5,55-118-46-35-68(105)96-85(14,15)38-49-122-82(6,7)8)56-119-47-36-69(106)97-86(16,17)39-50-123-83(9,10)11/h22-31,51,57,62-63,74H,20-21,32-50,52-56H2,1-19H3,(H,89,111)(H,91,112)(H,92,102)(H,93,113)(H,94,107)(H,95,104)(H,96,105)(H,97,106)(H,98,103)(H3,88,90,114)/t62-,63-,74?/m0/s1. The summed E-state index contributed by atoms with van der Waals surface area (Å²) in [6.07, 6.45) is -0.160. The molecule has 3 atom stereocenters. The summed E-state index contributed by atoms with van der Waals surface area (Å²) >= 11 is 0. The van der Waals surface area contributed by atoms with Crippen LogP contribution in [0.15, 0.2) is 76.0 Å². The van der Waals surface area contributed by atoms with E-state index in [2.05, 4.69) is 53.2 Å². The first kappa shape index (κ1) is 107. The third-order valence-corrected chi connectivity index (χ3v) is 19.0. The molecule has 12 N–H and O–H groups in total. The molecule has 0 aliphatic carbocycles. The predicted molar refractivity (Wildman–Crippen MR) is 464 cm³/mol. The lowest BCUT2D eigenvalue weighted by Gasteiger charge is -2.34. The predicted octanol–water partition coefficient (Wildman–Crippen LogP) is 5.58. The smallest absolute Gasteiger partial charge is 0.415 e. The van der Waals surface area contributed by atoms with Crippen LogP contribution in [0.5, 0.6) is 5.75 Å². The summed E-state index contributed by atoms with van der Waals surface area (Å²) < 4.78 is 52.4. The van der Waals surface area contributed by atoms with Gasteiger partial charge in [0.05, 0.1) is 62.9 Å². The van der Waals surface area contributed by atoms with E-state index in [-0.39, 0.29) is 133 Å². The molecule has 1 aromatic heterocycles. The Balaban J connectivity index is 1.54. The highest BCUT2D eigenvalue weighted by molar-refractivity contribution is 6.13. The Morgan fingerprint density at radius 1 is 0.496 bits per heavy atom. The number of primary amides is 1. The highest BCUT2D eigenvalue weighted by Gasteiger charge is 2.37. The van der Waals surface area contributed by atoms with Gasteiger partial charge < -0.3 is 111 Å². The van der Waals surface area contributed by atoms with Gasteiger partial charge in [0, 0.05) is 151 Å². The number of carbonyl (C=O) groups excluding carboxylic acids is 14. The molecule has 2 heterocycles. The Hall–Kier alpha value is -10.7. The summed E-state index contributed by atoms with van der Waals surface area (Å²) in [5.74, 6) is -8.18. The zero-order valence-corrected chi connectivity index (χ0v) is 76.3. The van der Waals surface area contributed by atoms with Crippen LogP contribution in [0.4, 0.5) is 20.1 Å². The number of hydrogen-bond acceptors (Lipinski definition) is 24. The second-order valence-electron chi connectivity index (χ2n) is 36.1. The number of imide groups is 1. The van der Waals surface area contributed by atoms with Crippen LogP contribution in [0.3, 0.4) is 0 Å². The number of ether oxygens (including phenoxy) is 8.